The molecule has 2 rings (SSSR count). The van der Waals surface area contributed by atoms with E-state index in [1.54, 1.807) is 11.8 Å². The van der Waals surface area contributed by atoms with Crippen molar-refractivity contribution in [2.24, 2.45) is 10.7 Å². The van der Waals surface area contributed by atoms with Crippen LogP contribution in [-0.4, -0.2) is 31.5 Å². The monoisotopic (exact) mass is 421 g/mol. The van der Waals surface area contributed by atoms with Crippen molar-refractivity contribution in [1.29, 1.82) is 0 Å². The molecule has 1 atom stereocenters. The van der Waals surface area contributed by atoms with Crippen LogP contribution in [0.15, 0.2) is 28.1 Å². The molecule has 0 amide bonds. The number of nitrogens with zero attached hydrogens (tertiary/aromatic N) is 1. The van der Waals surface area contributed by atoms with Crippen molar-refractivity contribution in [2.45, 2.75) is 37.3 Å². The van der Waals surface area contributed by atoms with Gasteiger partial charge in [-0.05, 0) is 43.2 Å². The van der Waals surface area contributed by atoms with Crippen LogP contribution in [0.1, 0.15) is 24.0 Å². The standard InChI is InChI=1S/C15H23N3OS.HI/c1-11-5-6-12(14(8-11)20-2)9-17-15(16)18-10-13-4-3-7-19-13;/h5-6,8,13H,3-4,7,9-10H2,1-2H3,(H3,16,17,18);1H. The molecule has 1 saturated heterocycles. The van der Waals surface area contributed by atoms with E-state index >= 15 is 0 Å². The first kappa shape index (κ1) is 18.6. The largest absolute Gasteiger partial charge is 0.376 e. The predicted octanol–water partition coefficient (Wildman–Crippen LogP) is 2.92. The van der Waals surface area contributed by atoms with Gasteiger partial charge in [-0.15, -0.1) is 35.7 Å². The zero-order valence-corrected chi connectivity index (χ0v) is 15.7. The van der Waals surface area contributed by atoms with Crippen LogP contribution in [0.3, 0.4) is 0 Å². The Morgan fingerprint density at radius 1 is 1.52 bits per heavy atom. The molecule has 0 radical (unpaired) electrons. The Hall–Kier alpha value is -0.470. The highest BCUT2D eigenvalue weighted by molar-refractivity contribution is 14.0. The fourth-order valence-electron chi connectivity index (χ4n) is 2.23. The Morgan fingerprint density at radius 3 is 3.00 bits per heavy atom. The van der Waals surface area contributed by atoms with Crippen LogP contribution >= 0.6 is 35.7 Å². The van der Waals surface area contributed by atoms with Crippen molar-refractivity contribution in [3.05, 3.63) is 29.3 Å². The van der Waals surface area contributed by atoms with Gasteiger partial charge in [-0.2, -0.15) is 0 Å². The van der Waals surface area contributed by atoms with Gasteiger partial charge >= 0.3 is 0 Å². The average molecular weight is 421 g/mol. The first-order chi connectivity index (χ1) is 9.69. The summed E-state index contributed by atoms with van der Waals surface area (Å²) in [6, 6.07) is 6.42. The minimum atomic E-state index is 0. The molecule has 0 spiro atoms. The van der Waals surface area contributed by atoms with E-state index in [0.29, 0.717) is 12.5 Å². The van der Waals surface area contributed by atoms with Gasteiger partial charge in [0.15, 0.2) is 5.96 Å². The summed E-state index contributed by atoms with van der Waals surface area (Å²) in [6.45, 7) is 4.33. The SMILES string of the molecule is CSc1cc(C)ccc1CN=C(N)NCC1CCCO1.I. The highest BCUT2D eigenvalue weighted by Crippen LogP contribution is 2.22. The summed E-state index contributed by atoms with van der Waals surface area (Å²) in [7, 11) is 0. The molecule has 118 valence electrons. The Labute approximate surface area is 148 Å². The van der Waals surface area contributed by atoms with Gasteiger partial charge < -0.3 is 15.8 Å². The third-order valence-corrected chi connectivity index (χ3v) is 4.22. The Kier molecular flexibility index (Phi) is 8.43. The highest BCUT2D eigenvalue weighted by atomic mass is 127. The van der Waals surface area contributed by atoms with Crippen molar-refractivity contribution >= 4 is 41.7 Å². The number of halogens is 1. The molecule has 1 fully saturated rings. The number of aryl methyl sites for hydroxylation is 1. The fraction of sp³-hybridized carbons (Fsp3) is 0.533. The predicted molar refractivity (Wildman–Crippen MR) is 101 cm³/mol. The Morgan fingerprint density at radius 2 is 2.33 bits per heavy atom. The van der Waals surface area contributed by atoms with Crippen molar-refractivity contribution in [3.63, 3.8) is 0 Å². The van der Waals surface area contributed by atoms with Gasteiger partial charge in [0.05, 0.1) is 12.6 Å². The van der Waals surface area contributed by atoms with E-state index in [1.165, 1.54) is 16.0 Å². The van der Waals surface area contributed by atoms with Crippen molar-refractivity contribution in [1.82, 2.24) is 5.32 Å². The molecule has 1 aliphatic heterocycles. The summed E-state index contributed by atoms with van der Waals surface area (Å²) >= 11 is 1.74. The Bertz CT molecular complexity index is 476. The Balaban J connectivity index is 0.00000220. The fourth-order valence-corrected chi connectivity index (χ4v) is 2.93. The van der Waals surface area contributed by atoms with E-state index in [4.69, 9.17) is 10.5 Å². The van der Waals surface area contributed by atoms with Gasteiger partial charge in [-0.25, -0.2) is 4.99 Å². The lowest BCUT2D eigenvalue weighted by Crippen LogP contribution is -2.37. The number of aliphatic imine (C=N–C) groups is 1. The quantitative estimate of drug-likeness (QED) is 0.332. The van der Waals surface area contributed by atoms with Gasteiger partial charge in [0.1, 0.15) is 0 Å². The molecule has 0 bridgehead atoms. The van der Waals surface area contributed by atoms with Crippen LogP contribution in [0.25, 0.3) is 0 Å². The smallest absolute Gasteiger partial charge is 0.189 e. The zero-order chi connectivity index (χ0) is 14.4. The van der Waals surface area contributed by atoms with Crippen molar-refractivity contribution in [3.8, 4) is 0 Å². The molecule has 0 aliphatic carbocycles. The molecule has 21 heavy (non-hydrogen) atoms. The maximum Gasteiger partial charge on any atom is 0.189 e. The number of hydrogen-bond acceptors (Lipinski definition) is 3. The molecule has 6 heteroatoms. The second-order valence-corrected chi connectivity index (χ2v) is 5.88. The third-order valence-electron chi connectivity index (χ3n) is 3.40. The van der Waals surface area contributed by atoms with Gasteiger partial charge in [0, 0.05) is 18.0 Å². The number of ether oxygens (including phenoxy) is 1. The van der Waals surface area contributed by atoms with E-state index in [0.717, 1.165) is 26.0 Å². The van der Waals surface area contributed by atoms with Gasteiger partial charge in [0.2, 0.25) is 0 Å². The summed E-state index contributed by atoms with van der Waals surface area (Å²) < 4.78 is 5.54. The van der Waals surface area contributed by atoms with E-state index in [-0.39, 0.29) is 30.1 Å². The van der Waals surface area contributed by atoms with Crippen molar-refractivity contribution in [2.75, 3.05) is 19.4 Å². The molecule has 4 nitrogen and oxygen atoms in total. The minimum absolute atomic E-state index is 0. The molecule has 0 saturated carbocycles. The number of nitrogens with one attached hydrogen (secondary N) is 1. The summed E-state index contributed by atoms with van der Waals surface area (Å²) in [6.07, 6.45) is 4.62. The lowest BCUT2D eigenvalue weighted by atomic mass is 10.1. The average Bonchev–Trinajstić information content (AvgIpc) is 2.97. The molecule has 1 unspecified atom stereocenters. The molecule has 3 N–H and O–H groups in total. The summed E-state index contributed by atoms with van der Waals surface area (Å²) in [5.41, 5.74) is 8.38. The first-order valence-electron chi connectivity index (χ1n) is 6.98. The molecular weight excluding hydrogens is 397 g/mol. The van der Waals surface area contributed by atoms with Gasteiger partial charge in [-0.3, -0.25) is 0 Å². The number of thioether (sulfide) groups is 1. The summed E-state index contributed by atoms with van der Waals surface area (Å²) in [5.74, 6) is 0.494. The maximum absolute atomic E-state index is 5.90. The summed E-state index contributed by atoms with van der Waals surface area (Å²) in [5, 5.41) is 3.14. The van der Waals surface area contributed by atoms with Crippen LogP contribution in [0.5, 0.6) is 0 Å². The van der Waals surface area contributed by atoms with E-state index < -0.39 is 0 Å². The van der Waals surface area contributed by atoms with Gasteiger partial charge in [-0.1, -0.05) is 12.1 Å². The van der Waals surface area contributed by atoms with E-state index in [1.807, 2.05) is 0 Å². The molecule has 1 aromatic carbocycles. The molecular formula is C15H24IN3OS. The maximum atomic E-state index is 5.90. The molecule has 1 aliphatic rings. The second kappa shape index (κ2) is 9.53. The van der Waals surface area contributed by atoms with Crippen molar-refractivity contribution < 1.29 is 4.74 Å². The number of hydrogen-bond donors (Lipinski definition) is 2. The lowest BCUT2D eigenvalue weighted by Gasteiger charge is -2.11. The second-order valence-electron chi connectivity index (χ2n) is 5.03. The van der Waals surface area contributed by atoms with E-state index in [9.17, 15) is 0 Å². The van der Waals surface area contributed by atoms with Crippen LogP contribution in [0.4, 0.5) is 0 Å². The minimum Gasteiger partial charge on any atom is -0.376 e. The van der Waals surface area contributed by atoms with Crippen LogP contribution in [-0.2, 0) is 11.3 Å². The van der Waals surface area contributed by atoms with Crippen LogP contribution in [0.2, 0.25) is 0 Å². The van der Waals surface area contributed by atoms with Gasteiger partial charge in [0.25, 0.3) is 0 Å². The van der Waals surface area contributed by atoms with Crippen LogP contribution < -0.4 is 11.1 Å². The molecule has 1 aromatic rings. The van der Waals surface area contributed by atoms with E-state index in [2.05, 4.69) is 41.7 Å². The first-order valence-corrected chi connectivity index (χ1v) is 8.20. The highest BCUT2D eigenvalue weighted by Gasteiger charge is 2.14. The normalized spacial score (nSPS) is 18.4. The number of guanidine groups is 1. The van der Waals surface area contributed by atoms with Crippen LogP contribution in [0, 0.1) is 6.92 Å². The number of benzene rings is 1. The zero-order valence-electron chi connectivity index (χ0n) is 12.6. The topological polar surface area (TPSA) is 59.6 Å². The third kappa shape index (κ3) is 6.04. The summed E-state index contributed by atoms with van der Waals surface area (Å²) in [4.78, 5) is 5.67. The number of rotatable bonds is 5. The molecule has 1 heterocycles. The number of nitrogens with two attached hydrogens (primary N) is 1. The lowest BCUT2D eigenvalue weighted by molar-refractivity contribution is 0.114. The molecule has 0 aromatic heterocycles.